The quantitative estimate of drug-likeness (QED) is 0.651. The maximum Gasteiger partial charge on any atom is 0.251 e. The van der Waals surface area contributed by atoms with E-state index in [1.54, 1.807) is 16.7 Å². The number of hydrogen-bond donors (Lipinski definition) is 0. The van der Waals surface area contributed by atoms with Gasteiger partial charge in [0, 0.05) is 17.9 Å². The predicted octanol–water partition coefficient (Wildman–Crippen LogP) is 3.90. The molecule has 0 atom stereocenters. The topological polar surface area (TPSA) is 57.5 Å². The number of benzene rings is 2. The Bertz CT molecular complexity index is 1170. The zero-order chi connectivity index (χ0) is 21.1. The fourth-order valence-corrected chi connectivity index (χ4v) is 3.97. The fraction of sp³-hybridized carbons (Fsp3) is 0.280. The molecule has 2 heterocycles. The molecule has 0 spiro atoms. The largest absolute Gasteiger partial charge is 0.348 e. The molecule has 5 rings (SSSR count). The first kappa shape index (κ1) is 20.3. The van der Waals surface area contributed by atoms with Crippen molar-refractivity contribution in [2.45, 2.75) is 33.1 Å². The molecule has 0 bridgehead atoms. The molecule has 0 amide bonds. The fourth-order valence-electron chi connectivity index (χ4n) is 3.97. The van der Waals surface area contributed by atoms with Crippen LogP contribution in [0, 0.1) is 6.92 Å². The number of allylic oxidation sites excluding steroid dienone is 2. The minimum Gasteiger partial charge on any atom is -0.348 e. The average Bonchev–Trinajstić information content (AvgIpc) is 3.25. The van der Waals surface area contributed by atoms with Gasteiger partial charge in [-0.05, 0) is 48.3 Å². The Morgan fingerprint density at radius 2 is 1.67 bits per heavy atom. The van der Waals surface area contributed by atoms with Crippen LogP contribution in [0.15, 0.2) is 65.5 Å². The van der Waals surface area contributed by atoms with Gasteiger partial charge in [-0.15, -0.1) is 0 Å². The number of hydrogen-bond acceptors (Lipinski definition) is 4. The van der Waals surface area contributed by atoms with Crippen LogP contribution < -0.4 is 5.56 Å². The van der Waals surface area contributed by atoms with Crippen molar-refractivity contribution in [3.8, 4) is 0 Å². The van der Waals surface area contributed by atoms with E-state index in [2.05, 4.69) is 6.07 Å². The lowest BCUT2D eigenvalue weighted by Crippen LogP contribution is -2.27. The smallest absolute Gasteiger partial charge is 0.251 e. The molecular weight excluding hydrogens is 378 g/mol. The summed E-state index contributed by atoms with van der Waals surface area (Å²) in [6, 6.07) is 17.6. The van der Waals surface area contributed by atoms with E-state index in [1.165, 1.54) is 5.56 Å². The van der Waals surface area contributed by atoms with Gasteiger partial charge in [0.15, 0.2) is 12.1 Å². The van der Waals surface area contributed by atoms with Crippen molar-refractivity contribution in [1.29, 1.82) is 0 Å². The number of aromatic nitrogens is 1. The van der Waals surface area contributed by atoms with E-state index in [-0.39, 0.29) is 17.6 Å². The molecule has 30 heavy (non-hydrogen) atoms. The number of nitrogens with zero attached hydrogens (tertiary/aromatic N) is 1. The van der Waals surface area contributed by atoms with Crippen molar-refractivity contribution >= 4 is 22.3 Å². The van der Waals surface area contributed by atoms with Crippen molar-refractivity contribution in [1.82, 2.24) is 4.57 Å². The molecule has 3 aromatic rings. The summed E-state index contributed by atoms with van der Waals surface area (Å²) in [5, 5.41) is 1.09. The van der Waals surface area contributed by atoms with Gasteiger partial charge in [-0.2, -0.15) is 0 Å². The van der Waals surface area contributed by atoms with Gasteiger partial charge in [0.2, 0.25) is 0 Å². The number of ether oxygens (including phenoxy) is 2. The van der Waals surface area contributed by atoms with Gasteiger partial charge in [-0.25, -0.2) is 0 Å². The van der Waals surface area contributed by atoms with Gasteiger partial charge >= 0.3 is 0 Å². The summed E-state index contributed by atoms with van der Waals surface area (Å²) in [6.45, 7) is 5.58. The first-order chi connectivity index (χ1) is 14.5. The van der Waals surface area contributed by atoms with Gasteiger partial charge in [0.05, 0.1) is 25.3 Å². The van der Waals surface area contributed by atoms with E-state index in [0.29, 0.717) is 26.2 Å². The normalized spacial score (nSPS) is 16.1. The van der Waals surface area contributed by atoms with Crippen molar-refractivity contribution in [3.05, 3.63) is 87.7 Å². The summed E-state index contributed by atoms with van der Waals surface area (Å²) in [5.74, 6) is 0.214. The van der Waals surface area contributed by atoms with Crippen molar-refractivity contribution in [2.75, 3.05) is 13.2 Å². The number of carbonyl (C=O) groups excluding carboxylic acids is 1. The summed E-state index contributed by atoms with van der Waals surface area (Å²) >= 11 is 0. The molecule has 0 saturated carbocycles. The molecule has 154 valence electrons. The highest BCUT2D eigenvalue weighted by molar-refractivity contribution is 6.01. The van der Waals surface area contributed by atoms with Crippen LogP contribution in [0.25, 0.3) is 16.5 Å². The summed E-state index contributed by atoms with van der Waals surface area (Å²) in [6.07, 6.45) is 1.98. The van der Waals surface area contributed by atoms with Crippen LogP contribution in [0.2, 0.25) is 0 Å². The first-order valence-corrected chi connectivity index (χ1v) is 10.1. The van der Waals surface area contributed by atoms with E-state index in [4.69, 9.17) is 9.47 Å². The van der Waals surface area contributed by atoms with Gasteiger partial charge in [0.25, 0.3) is 5.56 Å². The molecule has 1 fully saturated rings. The average molecular weight is 403 g/mol. The van der Waals surface area contributed by atoms with Gasteiger partial charge in [0.1, 0.15) is 0 Å². The van der Waals surface area contributed by atoms with E-state index in [9.17, 15) is 9.59 Å². The standard InChI is InChI=1S/C14H15NO3.C11H10O/c1-10-8-13(16)15(9-14-17-6-7-18-14)12-5-3-2-4-11(10)12;1-8-6-10(12)7-9-4-2-3-5-11(8)9/h2-5,8,14H,6-7,9H2,1H3;2-6H,7H2,1H3. The van der Waals surface area contributed by atoms with Gasteiger partial charge in [-0.1, -0.05) is 42.5 Å². The highest BCUT2D eigenvalue weighted by atomic mass is 16.7. The van der Waals surface area contributed by atoms with Crippen molar-refractivity contribution < 1.29 is 14.3 Å². The van der Waals surface area contributed by atoms with Crippen LogP contribution >= 0.6 is 0 Å². The number of rotatable bonds is 2. The summed E-state index contributed by atoms with van der Waals surface area (Å²) < 4.78 is 12.5. The van der Waals surface area contributed by atoms with Crippen molar-refractivity contribution in [2.24, 2.45) is 0 Å². The Morgan fingerprint density at radius 1 is 0.967 bits per heavy atom. The van der Waals surface area contributed by atoms with Crippen LogP contribution in [0.4, 0.5) is 0 Å². The van der Waals surface area contributed by atoms with E-state index < -0.39 is 0 Å². The highest BCUT2D eigenvalue weighted by Crippen LogP contribution is 2.23. The lowest BCUT2D eigenvalue weighted by molar-refractivity contribution is -0.114. The molecular formula is C25H25NO4. The number of para-hydroxylation sites is 1. The van der Waals surface area contributed by atoms with Crippen molar-refractivity contribution in [3.63, 3.8) is 0 Å². The second-order valence-electron chi connectivity index (χ2n) is 7.59. The van der Waals surface area contributed by atoms with Crippen LogP contribution in [0.5, 0.6) is 0 Å². The Kier molecular flexibility index (Phi) is 5.93. The first-order valence-electron chi connectivity index (χ1n) is 10.1. The maximum absolute atomic E-state index is 12.1. The second-order valence-corrected chi connectivity index (χ2v) is 7.59. The van der Waals surface area contributed by atoms with Crippen LogP contribution in [0.3, 0.4) is 0 Å². The van der Waals surface area contributed by atoms with Crippen LogP contribution in [-0.4, -0.2) is 29.9 Å². The zero-order valence-electron chi connectivity index (χ0n) is 17.3. The zero-order valence-corrected chi connectivity index (χ0v) is 17.3. The minimum atomic E-state index is -0.311. The molecule has 5 heteroatoms. The molecule has 2 aromatic carbocycles. The number of aryl methyl sites for hydroxylation is 1. The lowest BCUT2D eigenvalue weighted by atomic mass is 9.91. The summed E-state index contributed by atoms with van der Waals surface area (Å²) in [5.41, 5.74) is 5.38. The van der Waals surface area contributed by atoms with Gasteiger partial charge in [-0.3, -0.25) is 9.59 Å². The Morgan fingerprint density at radius 3 is 2.47 bits per heavy atom. The molecule has 0 unspecified atom stereocenters. The van der Waals surface area contributed by atoms with Crippen LogP contribution in [0.1, 0.15) is 23.6 Å². The maximum atomic E-state index is 12.1. The third kappa shape index (κ3) is 4.27. The number of carbonyl (C=O) groups is 1. The molecule has 5 nitrogen and oxygen atoms in total. The monoisotopic (exact) mass is 403 g/mol. The molecule has 0 radical (unpaired) electrons. The SMILES string of the molecule is CC1=CC(=O)Cc2ccccc21.Cc1cc(=O)n(CC2OCCO2)c2ccccc12. The lowest BCUT2D eigenvalue weighted by Gasteiger charge is -2.15. The summed E-state index contributed by atoms with van der Waals surface area (Å²) in [4.78, 5) is 23.3. The Labute approximate surface area is 175 Å². The molecule has 1 aliphatic heterocycles. The second kappa shape index (κ2) is 8.78. The molecule has 1 saturated heterocycles. The Hall–Kier alpha value is -3.02. The highest BCUT2D eigenvalue weighted by Gasteiger charge is 2.18. The minimum absolute atomic E-state index is 0.00898. The van der Waals surface area contributed by atoms with E-state index in [1.807, 2.05) is 56.3 Å². The third-order valence-electron chi connectivity index (χ3n) is 5.43. The molecule has 2 aliphatic rings. The number of ketones is 1. The third-order valence-corrected chi connectivity index (χ3v) is 5.43. The predicted molar refractivity (Wildman–Crippen MR) is 117 cm³/mol. The van der Waals surface area contributed by atoms with Crippen LogP contribution in [-0.2, 0) is 27.2 Å². The number of fused-ring (bicyclic) bond motifs is 2. The Balaban J connectivity index is 0.000000158. The molecule has 0 N–H and O–H groups in total. The van der Waals surface area contributed by atoms with E-state index in [0.717, 1.165) is 27.6 Å². The summed E-state index contributed by atoms with van der Waals surface area (Å²) in [7, 11) is 0. The number of pyridine rings is 1. The van der Waals surface area contributed by atoms with Gasteiger partial charge < -0.3 is 14.0 Å². The molecule has 1 aromatic heterocycles. The van der Waals surface area contributed by atoms with E-state index >= 15 is 0 Å². The molecule has 1 aliphatic carbocycles.